The fraction of sp³-hybridized carbons (Fsp3) is 1.00. The minimum atomic E-state index is -3.67. The van der Waals surface area contributed by atoms with Crippen molar-refractivity contribution in [1.82, 2.24) is 0 Å². The molecule has 0 bridgehead atoms. The second kappa shape index (κ2) is 4.41. The van der Waals surface area contributed by atoms with Gasteiger partial charge in [0.2, 0.25) is 0 Å². The zero-order valence-corrected chi connectivity index (χ0v) is 6.03. The molecule has 0 unspecified atom stereocenters. The zero-order chi connectivity index (χ0) is 8.08. The molecule has 0 aliphatic carbocycles. The molecule has 0 aliphatic heterocycles. The smallest absolute Gasteiger partial charge is 0.286 e. The van der Waals surface area contributed by atoms with E-state index in [0.29, 0.717) is 6.26 Å². The molecule has 2 N–H and O–H groups in total. The average molecular weight is 175 g/mol. The van der Waals surface area contributed by atoms with E-state index in [1.54, 1.807) is 0 Å². The van der Waals surface area contributed by atoms with Gasteiger partial charge >= 0.3 is 10.5 Å². The molecule has 0 amide bonds. The molecule has 0 aromatic carbocycles. The first kappa shape index (κ1) is 11.3. The molecule has 0 radical (unpaired) electrons. The van der Waals surface area contributed by atoms with Crippen molar-refractivity contribution in [2.75, 3.05) is 6.26 Å². The summed E-state index contributed by atoms with van der Waals surface area (Å²) in [7, 11) is -6.28. The van der Waals surface area contributed by atoms with Crippen LogP contribution in [-0.2, 0) is 20.6 Å². The second-order valence-electron chi connectivity index (χ2n) is 0.968. The van der Waals surface area contributed by atoms with Gasteiger partial charge in [-0.05, 0) is 0 Å². The predicted octanol–water partition coefficient (Wildman–Crippen LogP) is -0.868. The third-order valence-electron chi connectivity index (χ3n) is 0. The molecule has 0 saturated heterocycles. The SMILES string of the molecule is CS(=O)(=O)O.N=S(=O)=O. The molecular formula is CH5NO5S2. The summed E-state index contributed by atoms with van der Waals surface area (Å²) >= 11 is 0. The molecule has 0 saturated carbocycles. The van der Waals surface area contributed by atoms with Crippen molar-refractivity contribution in [3.63, 3.8) is 0 Å². The van der Waals surface area contributed by atoms with Crippen molar-refractivity contribution in [3.8, 4) is 0 Å². The van der Waals surface area contributed by atoms with Crippen molar-refractivity contribution in [3.05, 3.63) is 0 Å². The van der Waals surface area contributed by atoms with Crippen LogP contribution in [0.3, 0.4) is 0 Å². The Morgan fingerprint density at radius 2 is 1.44 bits per heavy atom. The summed E-state index contributed by atoms with van der Waals surface area (Å²) in [5, 5.41) is 0. The van der Waals surface area contributed by atoms with Gasteiger partial charge < -0.3 is 0 Å². The first-order chi connectivity index (χ1) is 3.73. The molecule has 56 valence electrons. The van der Waals surface area contributed by atoms with Crippen LogP contribution in [0.25, 0.3) is 0 Å². The molecule has 8 heteroatoms. The molecule has 9 heavy (non-hydrogen) atoms. The van der Waals surface area contributed by atoms with Gasteiger partial charge in [0, 0.05) is 0 Å². The van der Waals surface area contributed by atoms with Gasteiger partial charge in [0.05, 0.1) is 6.26 Å². The Hall–Kier alpha value is -0.470. The Balaban J connectivity index is 0. The van der Waals surface area contributed by atoms with Gasteiger partial charge in [-0.1, -0.05) is 0 Å². The van der Waals surface area contributed by atoms with E-state index in [1.807, 2.05) is 0 Å². The van der Waals surface area contributed by atoms with Crippen LogP contribution in [0.15, 0.2) is 0 Å². The van der Waals surface area contributed by atoms with Crippen LogP contribution in [0.2, 0.25) is 0 Å². The molecule has 0 aliphatic rings. The summed E-state index contributed by atoms with van der Waals surface area (Å²) in [6.45, 7) is 0. The largest absolute Gasteiger partial charge is 0.308 e. The zero-order valence-electron chi connectivity index (χ0n) is 4.40. The number of hydrogen-bond donors (Lipinski definition) is 2. The van der Waals surface area contributed by atoms with E-state index in [0.717, 1.165) is 0 Å². The third-order valence-corrected chi connectivity index (χ3v) is 0. The highest BCUT2D eigenvalue weighted by Crippen LogP contribution is 1.60. The Bertz CT molecular complexity index is 228. The lowest BCUT2D eigenvalue weighted by atomic mass is 12.0. The minimum Gasteiger partial charge on any atom is -0.286 e. The molecule has 0 spiro atoms. The van der Waals surface area contributed by atoms with Gasteiger partial charge in [0.15, 0.2) is 0 Å². The lowest BCUT2D eigenvalue weighted by Gasteiger charge is -1.69. The Labute approximate surface area is 53.8 Å². The van der Waals surface area contributed by atoms with Crippen molar-refractivity contribution in [2.45, 2.75) is 0 Å². The summed E-state index contributed by atoms with van der Waals surface area (Å²) in [6.07, 6.45) is 0.715. The van der Waals surface area contributed by atoms with Crippen LogP contribution >= 0.6 is 0 Å². The summed E-state index contributed by atoms with van der Waals surface area (Å²) in [4.78, 5) is 0. The summed E-state index contributed by atoms with van der Waals surface area (Å²) in [5.74, 6) is 0. The monoisotopic (exact) mass is 175 g/mol. The van der Waals surface area contributed by atoms with Crippen LogP contribution in [0.1, 0.15) is 0 Å². The summed E-state index contributed by atoms with van der Waals surface area (Å²) < 4.78 is 48.7. The third kappa shape index (κ3) is 1040. The van der Waals surface area contributed by atoms with E-state index in [9.17, 15) is 8.42 Å². The van der Waals surface area contributed by atoms with Gasteiger partial charge in [-0.3, -0.25) is 4.55 Å². The van der Waals surface area contributed by atoms with Crippen LogP contribution in [0, 0.1) is 4.78 Å². The normalized spacial score (nSPS) is 9.11. The standard InChI is InChI=1S/CH4O3S.HNO2S/c1-5(2,3)4;1-4(2)3/h1H3,(H,2,3,4);1H. The van der Waals surface area contributed by atoms with E-state index in [2.05, 4.69) is 0 Å². The van der Waals surface area contributed by atoms with Gasteiger partial charge in [-0.2, -0.15) is 21.6 Å². The van der Waals surface area contributed by atoms with E-state index < -0.39 is 20.6 Å². The molecule has 0 fully saturated rings. The quantitative estimate of drug-likeness (QED) is 0.465. The Morgan fingerprint density at radius 3 is 1.44 bits per heavy atom. The minimum absolute atomic E-state index is 0.715. The van der Waals surface area contributed by atoms with Crippen molar-refractivity contribution in [1.29, 1.82) is 4.78 Å². The van der Waals surface area contributed by atoms with E-state index in [1.165, 1.54) is 0 Å². The van der Waals surface area contributed by atoms with Gasteiger partial charge in [-0.25, -0.2) is 0 Å². The number of rotatable bonds is 0. The fourth-order valence-electron chi connectivity index (χ4n) is 0. The van der Waals surface area contributed by atoms with E-state index in [-0.39, 0.29) is 0 Å². The molecule has 0 rings (SSSR count). The number of nitrogens with one attached hydrogen (secondary N) is 1. The van der Waals surface area contributed by atoms with Crippen molar-refractivity contribution >= 4 is 20.6 Å². The van der Waals surface area contributed by atoms with E-state index >= 15 is 0 Å². The maximum Gasteiger partial charge on any atom is 0.308 e. The van der Waals surface area contributed by atoms with Crippen LogP contribution in [-0.4, -0.2) is 27.6 Å². The molecular weight excluding hydrogens is 170 g/mol. The average Bonchev–Trinajstić information content (AvgIpc) is 1.19. The summed E-state index contributed by atoms with van der Waals surface area (Å²) in [5.41, 5.74) is 0. The molecule has 0 aromatic rings. The Kier molecular flexibility index (Phi) is 5.56. The maximum absolute atomic E-state index is 9.19. The molecule has 0 aromatic heterocycles. The first-order valence-corrected chi connectivity index (χ1v) is 4.38. The fourth-order valence-corrected chi connectivity index (χ4v) is 0. The van der Waals surface area contributed by atoms with Crippen LogP contribution < -0.4 is 0 Å². The topological polar surface area (TPSA) is 112 Å². The van der Waals surface area contributed by atoms with Gasteiger partial charge in [-0.15, -0.1) is 0 Å². The van der Waals surface area contributed by atoms with Crippen LogP contribution in [0.4, 0.5) is 0 Å². The van der Waals surface area contributed by atoms with E-state index in [4.69, 9.17) is 17.8 Å². The molecule has 0 atom stereocenters. The van der Waals surface area contributed by atoms with Crippen LogP contribution in [0.5, 0.6) is 0 Å². The highest BCUT2D eigenvalue weighted by molar-refractivity contribution is 7.85. The predicted molar refractivity (Wildman–Crippen MR) is 29.1 cm³/mol. The highest BCUT2D eigenvalue weighted by atomic mass is 32.2. The lowest BCUT2D eigenvalue weighted by Crippen LogP contribution is -1.88. The van der Waals surface area contributed by atoms with Gasteiger partial charge in [0.1, 0.15) is 0 Å². The second-order valence-corrected chi connectivity index (χ2v) is 2.90. The van der Waals surface area contributed by atoms with Crippen molar-refractivity contribution < 1.29 is 21.4 Å². The summed E-state index contributed by atoms with van der Waals surface area (Å²) in [6, 6.07) is 0. The van der Waals surface area contributed by atoms with Crippen molar-refractivity contribution in [2.24, 2.45) is 0 Å². The lowest BCUT2D eigenvalue weighted by molar-refractivity contribution is 0.490. The Morgan fingerprint density at radius 1 is 1.44 bits per heavy atom. The number of hydrogen-bond acceptors (Lipinski definition) is 5. The maximum atomic E-state index is 9.19. The molecule has 6 nitrogen and oxygen atoms in total. The molecule has 0 heterocycles. The highest BCUT2D eigenvalue weighted by Gasteiger charge is 1.81. The first-order valence-electron chi connectivity index (χ1n) is 1.46. The van der Waals surface area contributed by atoms with Gasteiger partial charge in [0.25, 0.3) is 10.1 Å².